The maximum absolute atomic E-state index is 14.1. The highest BCUT2D eigenvalue weighted by Crippen LogP contribution is 2.48. The number of hydrogen-bond donors (Lipinski definition) is 2. The van der Waals surface area contributed by atoms with E-state index in [2.05, 4.69) is 26.0 Å². The van der Waals surface area contributed by atoms with Gasteiger partial charge in [-0.1, -0.05) is 18.2 Å². The maximum Gasteiger partial charge on any atom is 0.191 e. The normalized spacial score (nSPS) is 15.1. The van der Waals surface area contributed by atoms with E-state index in [-0.39, 0.29) is 35.2 Å². The minimum absolute atomic E-state index is 0. The van der Waals surface area contributed by atoms with Crippen LogP contribution in [-0.2, 0) is 11.8 Å². The topological polar surface area (TPSA) is 49.3 Å². The van der Waals surface area contributed by atoms with Crippen molar-refractivity contribution in [3.05, 3.63) is 51.7 Å². The third-order valence-electron chi connectivity index (χ3n) is 4.89. The van der Waals surface area contributed by atoms with E-state index in [1.165, 1.54) is 5.01 Å². The first-order chi connectivity index (χ1) is 12.6. The van der Waals surface area contributed by atoms with Crippen molar-refractivity contribution in [1.29, 1.82) is 0 Å². The monoisotopic (exact) mass is 502 g/mol. The second-order valence-corrected chi connectivity index (χ2v) is 7.90. The van der Waals surface area contributed by atoms with Crippen molar-refractivity contribution in [3.8, 4) is 0 Å². The molecule has 148 valence electrons. The molecule has 0 spiro atoms. The highest BCUT2D eigenvalue weighted by Gasteiger charge is 2.45. The van der Waals surface area contributed by atoms with Gasteiger partial charge in [0.05, 0.1) is 5.01 Å². The highest BCUT2D eigenvalue weighted by atomic mass is 127. The molecule has 4 nitrogen and oxygen atoms in total. The van der Waals surface area contributed by atoms with Crippen LogP contribution in [-0.4, -0.2) is 31.1 Å². The van der Waals surface area contributed by atoms with Crippen LogP contribution in [0.5, 0.6) is 0 Å². The van der Waals surface area contributed by atoms with E-state index in [1.54, 1.807) is 30.5 Å². The first-order valence-electron chi connectivity index (χ1n) is 9.23. The molecule has 1 heterocycles. The minimum atomic E-state index is -0.104. The number of hydrogen-bond acceptors (Lipinski definition) is 3. The Balaban J connectivity index is 0.00000261. The van der Waals surface area contributed by atoms with Crippen LogP contribution in [0.4, 0.5) is 4.39 Å². The largest absolute Gasteiger partial charge is 0.356 e. The van der Waals surface area contributed by atoms with Gasteiger partial charge in [0, 0.05) is 36.6 Å². The van der Waals surface area contributed by atoms with Crippen LogP contribution in [0.3, 0.4) is 0 Å². The molecule has 0 unspecified atom stereocenters. The Morgan fingerprint density at radius 2 is 2.04 bits per heavy atom. The number of halogens is 2. The van der Waals surface area contributed by atoms with Crippen molar-refractivity contribution < 1.29 is 4.39 Å². The van der Waals surface area contributed by atoms with Gasteiger partial charge in [0.25, 0.3) is 0 Å². The van der Waals surface area contributed by atoms with Crippen molar-refractivity contribution in [2.45, 2.75) is 44.4 Å². The Bertz CT molecular complexity index is 758. The molecule has 1 saturated carbocycles. The van der Waals surface area contributed by atoms with Gasteiger partial charge in [-0.15, -0.1) is 35.3 Å². The van der Waals surface area contributed by atoms with Crippen molar-refractivity contribution >= 4 is 41.3 Å². The Morgan fingerprint density at radius 1 is 1.26 bits per heavy atom. The Hall–Kier alpha value is -1.22. The van der Waals surface area contributed by atoms with Crippen LogP contribution in [0.25, 0.3) is 0 Å². The number of aliphatic imine (C=N–C) groups is 1. The van der Waals surface area contributed by atoms with E-state index in [9.17, 15) is 4.39 Å². The number of benzene rings is 1. The van der Waals surface area contributed by atoms with Crippen LogP contribution < -0.4 is 10.6 Å². The van der Waals surface area contributed by atoms with E-state index in [0.717, 1.165) is 55.9 Å². The predicted octanol–water partition coefficient (Wildman–Crippen LogP) is 4.43. The molecular formula is C20H28FIN4S. The van der Waals surface area contributed by atoms with Crippen molar-refractivity contribution in [2.75, 3.05) is 20.1 Å². The van der Waals surface area contributed by atoms with Gasteiger partial charge in [-0.25, -0.2) is 9.37 Å². The van der Waals surface area contributed by atoms with Crippen LogP contribution in [0, 0.1) is 12.7 Å². The lowest BCUT2D eigenvalue weighted by Gasteiger charge is -2.19. The number of rotatable bonds is 8. The molecule has 1 aromatic carbocycles. The standard InChI is InChI=1S/C20H27FN4S.HI/c1-15-13-26-18(25-15)9-5-6-12-23-19(22-2)24-14-20(10-11-20)16-7-3-4-8-17(16)21;/h3-4,7-8,13H,5-6,9-12,14H2,1-2H3,(H2,22,23,24);1H. The summed E-state index contributed by atoms with van der Waals surface area (Å²) in [5, 5.41) is 10.0. The average molecular weight is 502 g/mol. The number of thiazole rings is 1. The molecule has 0 radical (unpaired) electrons. The van der Waals surface area contributed by atoms with Crippen molar-refractivity contribution in [3.63, 3.8) is 0 Å². The summed E-state index contributed by atoms with van der Waals surface area (Å²) in [6.45, 7) is 3.62. The molecule has 1 aliphatic rings. The van der Waals surface area contributed by atoms with Gasteiger partial charge in [-0.3, -0.25) is 4.99 Å². The summed E-state index contributed by atoms with van der Waals surface area (Å²) >= 11 is 1.74. The average Bonchev–Trinajstić information content (AvgIpc) is 3.32. The summed E-state index contributed by atoms with van der Waals surface area (Å²) in [6.07, 6.45) is 5.24. The lowest BCUT2D eigenvalue weighted by atomic mass is 9.95. The van der Waals surface area contributed by atoms with Gasteiger partial charge in [-0.2, -0.15) is 0 Å². The molecule has 2 aromatic rings. The second kappa shape index (κ2) is 10.4. The number of guanidine groups is 1. The lowest BCUT2D eigenvalue weighted by Crippen LogP contribution is -2.41. The number of unbranched alkanes of at least 4 members (excludes halogenated alkanes) is 1. The Labute approximate surface area is 182 Å². The molecule has 0 aliphatic heterocycles. The van der Waals surface area contributed by atoms with E-state index in [0.29, 0.717) is 6.54 Å². The summed E-state index contributed by atoms with van der Waals surface area (Å²) in [5.74, 6) is 0.685. The third-order valence-corrected chi connectivity index (χ3v) is 5.92. The van der Waals surface area contributed by atoms with Gasteiger partial charge in [0.15, 0.2) is 5.96 Å². The van der Waals surface area contributed by atoms with Crippen LogP contribution >= 0.6 is 35.3 Å². The van der Waals surface area contributed by atoms with E-state index in [1.807, 2.05) is 19.1 Å². The van der Waals surface area contributed by atoms with Gasteiger partial charge in [-0.05, 0) is 50.7 Å². The SMILES string of the molecule is CN=C(NCCCCc1nc(C)cs1)NCC1(c2ccccc2F)CC1.I. The van der Waals surface area contributed by atoms with Gasteiger partial charge in [0.2, 0.25) is 0 Å². The van der Waals surface area contributed by atoms with E-state index >= 15 is 0 Å². The lowest BCUT2D eigenvalue weighted by molar-refractivity contribution is 0.559. The summed E-state index contributed by atoms with van der Waals surface area (Å²) in [5.41, 5.74) is 1.85. The van der Waals surface area contributed by atoms with Gasteiger partial charge >= 0.3 is 0 Å². The minimum Gasteiger partial charge on any atom is -0.356 e. The fourth-order valence-corrected chi connectivity index (χ4v) is 4.00. The highest BCUT2D eigenvalue weighted by molar-refractivity contribution is 14.0. The molecule has 7 heteroatoms. The van der Waals surface area contributed by atoms with Crippen LogP contribution in [0.1, 0.15) is 41.9 Å². The van der Waals surface area contributed by atoms with E-state index in [4.69, 9.17) is 0 Å². The molecule has 1 aliphatic carbocycles. The Kier molecular flexibility index (Phi) is 8.47. The van der Waals surface area contributed by atoms with Crippen LogP contribution in [0.15, 0.2) is 34.6 Å². The summed E-state index contributed by atoms with van der Waals surface area (Å²) in [4.78, 5) is 8.77. The summed E-state index contributed by atoms with van der Waals surface area (Å²) in [6, 6.07) is 7.11. The number of nitrogens with one attached hydrogen (secondary N) is 2. The fraction of sp³-hybridized carbons (Fsp3) is 0.500. The molecule has 3 rings (SSSR count). The summed E-state index contributed by atoms with van der Waals surface area (Å²) < 4.78 is 14.1. The molecule has 1 fully saturated rings. The smallest absolute Gasteiger partial charge is 0.191 e. The zero-order chi connectivity index (χ0) is 18.4. The number of nitrogens with zero attached hydrogens (tertiary/aromatic N) is 2. The fourth-order valence-electron chi connectivity index (χ4n) is 3.18. The van der Waals surface area contributed by atoms with Gasteiger partial charge < -0.3 is 10.6 Å². The molecule has 2 N–H and O–H groups in total. The first-order valence-corrected chi connectivity index (χ1v) is 10.1. The van der Waals surface area contributed by atoms with E-state index < -0.39 is 0 Å². The van der Waals surface area contributed by atoms with Crippen molar-refractivity contribution in [1.82, 2.24) is 15.6 Å². The molecule has 1 aromatic heterocycles. The Morgan fingerprint density at radius 3 is 2.67 bits per heavy atom. The molecular weight excluding hydrogens is 474 g/mol. The van der Waals surface area contributed by atoms with Crippen LogP contribution in [0.2, 0.25) is 0 Å². The molecule has 0 saturated heterocycles. The zero-order valence-electron chi connectivity index (χ0n) is 15.9. The second-order valence-electron chi connectivity index (χ2n) is 6.95. The molecule has 0 atom stereocenters. The quantitative estimate of drug-likeness (QED) is 0.243. The predicted molar refractivity (Wildman–Crippen MR) is 122 cm³/mol. The third kappa shape index (κ3) is 6.14. The van der Waals surface area contributed by atoms with Gasteiger partial charge in [0.1, 0.15) is 5.82 Å². The summed E-state index contributed by atoms with van der Waals surface area (Å²) in [7, 11) is 1.77. The number of aromatic nitrogens is 1. The molecule has 0 bridgehead atoms. The zero-order valence-corrected chi connectivity index (χ0v) is 19.1. The van der Waals surface area contributed by atoms with Crippen molar-refractivity contribution in [2.24, 2.45) is 4.99 Å². The first kappa shape index (κ1) is 22.1. The molecule has 27 heavy (non-hydrogen) atoms. The maximum atomic E-state index is 14.1. The molecule has 0 amide bonds. The number of aryl methyl sites for hydroxylation is 2.